The summed E-state index contributed by atoms with van der Waals surface area (Å²) < 4.78 is 0. The Balaban J connectivity index is 2.63. The van der Waals surface area contributed by atoms with Crippen molar-refractivity contribution in [2.24, 2.45) is 5.92 Å². The second-order valence-electron chi connectivity index (χ2n) is 3.91. The first-order valence-corrected chi connectivity index (χ1v) is 5.22. The lowest BCUT2D eigenvalue weighted by Gasteiger charge is -2.12. The number of amides is 1. The van der Waals surface area contributed by atoms with E-state index in [1.807, 2.05) is 26.0 Å². The molecular formula is C12H15N3O. The number of nitrogens with one attached hydrogen (secondary N) is 1. The Labute approximate surface area is 95.3 Å². The topological polar surface area (TPSA) is 65.8 Å². The number of aromatic nitrogens is 1. The third-order valence-corrected chi connectivity index (χ3v) is 2.07. The zero-order valence-electron chi connectivity index (χ0n) is 9.47. The fourth-order valence-electron chi connectivity index (χ4n) is 1.34. The van der Waals surface area contributed by atoms with Crippen LogP contribution in [0.3, 0.4) is 0 Å². The number of rotatable bonds is 4. The molecule has 1 rings (SSSR count). The summed E-state index contributed by atoms with van der Waals surface area (Å²) in [6, 6.07) is 5.73. The number of pyridine rings is 1. The highest BCUT2D eigenvalue weighted by atomic mass is 16.1. The third-order valence-electron chi connectivity index (χ3n) is 2.07. The van der Waals surface area contributed by atoms with E-state index in [0.29, 0.717) is 6.42 Å². The van der Waals surface area contributed by atoms with Crippen LogP contribution >= 0.6 is 0 Å². The van der Waals surface area contributed by atoms with Crippen molar-refractivity contribution in [3.05, 3.63) is 30.1 Å². The van der Waals surface area contributed by atoms with Crippen LogP contribution in [0.5, 0.6) is 0 Å². The first kappa shape index (κ1) is 12.2. The predicted molar refractivity (Wildman–Crippen MR) is 60.3 cm³/mol. The van der Waals surface area contributed by atoms with Gasteiger partial charge in [0, 0.05) is 18.4 Å². The predicted octanol–water partition coefficient (Wildman–Crippen LogP) is 1.29. The van der Waals surface area contributed by atoms with Crippen molar-refractivity contribution in [3.8, 4) is 6.07 Å². The number of carbonyl (C=O) groups is 1. The van der Waals surface area contributed by atoms with Gasteiger partial charge in [0.1, 0.15) is 5.92 Å². The van der Waals surface area contributed by atoms with Gasteiger partial charge in [-0.15, -0.1) is 0 Å². The summed E-state index contributed by atoms with van der Waals surface area (Å²) in [5.74, 6) is -0.868. The summed E-state index contributed by atoms with van der Waals surface area (Å²) in [6.45, 7) is 3.74. The van der Waals surface area contributed by atoms with Gasteiger partial charge in [-0.25, -0.2) is 0 Å². The van der Waals surface area contributed by atoms with Gasteiger partial charge in [0.2, 0.25) is 5.91 Å². The number of hydrogen-bond donors (Lipinski definition) is 1. The van der Waals surface area contributed by atoms with Crippen molar-refractivity contribution in [1.29, 1.82) is 5.26 Å². The zero-order chi connectivity index (χ0) is 12.0. The van der Waals surface area contributed by atoms with Crippen LogP contribution < -0.4 is 5.32 Å². The Hall–Kier alpha value is -1.89. The molecule has 1 aromatic rings. The minimum atomic E-state index is -0.647. The number of carbonyl (C=O) groups excluding carboxylic acids is 1. The summed E-state index contributed by atoms with van der Waals surface area (Å²) in [7, 11) is 0. The summed E-state index contributed by atoms with van der Waals surface area (Å²) >= 11 is 0. The molecule has 0 spiro atoms. The van der Waals surface area contributed by atoms with Gasteiger partial charge in [-0.05, 0) is 31.9 Å². The first-order chi connectivity index (χ1) is 7.63. The van der Waals surface area contributed by atoms with Gasteiger partial charge in [0.05, 0.1) is 6.07 Å². The molecule has 0 aliphatic carbocycles. The van der Waals surface area contributed by atoms with Crippen LogP contribution in [0, 0.1) is 17.2 Å². The molecule has 4 heteroatoms. The molecule has 0 aliphatic rings. The summed E-state index contributed by atoms with van der Waals surface area (Å²) in [5.41, 5.74) is 0.896. The van der Waals surface area contributed by atoms with E-state index in [4.69, 9.17) is 5.26 Å². The van der Waals surface area contributed by atoms with Gasteiger partial charge >= 0.3 is 0 Å². The Morgan fingerprint density at radius 3 is 2.88 bits per heavy atom. The molecule has 0 aliphatic heterocycles. The Morgan fingerprint density at radius 2 is 2.38 bits per heavy atom. The van der Waals surface area contributed by atoms with E-state index in [0.717, 1.165) is 5.56 Å². The molecule has 0 saturated carbocycles. The molecule has 4 nitrogen and oxygen atoms in total. The van der Waals surface area contributed by atoms with E-state index in [1.54, 1.807) is 18.5 Å². The van der Waals surface area contributed by atoms with Crippen LogP contribution in [0.25, 0.3) is 0 Å². The van der Waals surface area contributed by atoms with Crippen LogP contribution in [0.4, 0.5) is 0 Å². The van der Waals surface area contributed by atoms with Gasteiger partial charge in [-0.1, -0.05) is 6.07 Å². The Kier molecular flexibility index (Phi) is 4.46. The second kappa shape index (κ2) is 5.86. The molecule has 1 N–H and O–H groups in total. The van der Waals surface area contributed by atoms with Crippen LogP contribution in [-0.2, 0) is 11.2 Å². The van der Waals surface area contributed by atoms with E-state index >= 15 is 0 Å². The van der Waals surface area contributed by atoms with Gasteiger partial charge in [-0.3, -0.25) is 9.78 Å². The fraction of sp³-hybridized carbons (Fsp3) is 0.417. The number of nitriles is 1. The maximum absolute atomic E-state index is 11.6. The molecule has 0 fully saturated rings. The average molecular weight is 217 g/mol. The van der Waals surface area contributed by atoms with Crippen LogP contribution in [-0.4, -0.2) is 16.9 Å². The normalized spacial score (nSPS) is 11.9. The molecule has 1 atom stereocenters. The van der Waals surface area contributed by atoms with Crippen molar-refractivity contribution in [2.45, 2.75) is 26.3 Å². The van der Waals surface area contributed by atoms with E-state index < -0.39 is 5.92 Å². The molecule has 0 saturated heterocycles. The zero-order valence-corrected chi connectivity index (χ0v) is 9.47. The monoisotopic (exact) mass is 217 g/mol. The number of nitrogens with zero attached hydrogens (tertiary/aromatic N) is 2. The Morgan fingerprint density at radius 1 is 1.62 bits per heavy atom. The molecule has 0 aromatic carbocycles. The lowest BCUT2D eigenvalue weighted by molar-refractivity contribution is -0.123. The maximum atomic E-state index is 11.6. The highest BCUT2D eigenvalue weighted by Crippen LogP contribution is 2.07. The van der Waals surface area contributed by atoms with E-state index in [1.165, 1.54) is 0 Å². The summed E-state index contributed by atoms with van der Waals surface area (Å²) in [6.07, 6.45) is 3.74. The van der Waals surface area contributed by atoms with Crippen LogP contribution in [0.1, 0.15) is 19.4 Å². The van der Waals surface area contributed by atoms with Gasteiger partial charge in [0.15, 0.2) is 0 Å². The van der Waals surface area contributed by atoms with Gasteiger partial charge in [0.25, 0.3) is 0 Å². The van der Waals surface area contributed by atoms with E-state index in [9.17, 15) is 4.79 Å². The Bertz CT molecular complexity index is 381. The van der Waals surface area contributed by atoms with Gasteiger partial charge < -0.3 is 5.32 Å². The van der Waals surface area contributed by atoms with E-state index in [2.05, 4.69) is 10.3 Å². The molecule has 16 heavy (non-hydrogen) atoms. The molecule has 1 amide bonds. The number of hydrogen-bond acceptors (Lipinski definition) is 3. The van der Waals surface area contributed by atoms with Crippen molar-refractivity contribution in [2.75, 3.05) is 0 Å². The molecule has 0 radical (unpaired) electrons. The highest BCUT2D eigenvalue weighted by Gasteiger charge is 2.18. The first-order valence-electron chi connectivity index (χ1n) is 5.22. The SMILES string of the molecule is CC(C)NC(=O)C(C#N)Cc1cccnc1. The average Bonchev–Trinajstić information content (AvgIpc) is 2.26. The van der Waals surface area contributed by atoms with Crippen LogP contribution in [0.15, 0.2) is 24.5 Å². The third kappa shape index (κ3) is 3.70. The lowest BCUT2D eigenvalue weighted by atomic mass is 10.0. The molecule has 1 heterocycles. The standard InChI is InChI=1S/C12H15N3O/c1-9(2)15-12(16)11(7-13)6-10-4-3-5-14-8-10/h3-5,8-9,11H,6H2,1-2H3,(H,15,16). The van der Waals surface area contributed by atoms with Crippen molar-refractivity contribution in [1.82, 2.24) is 10.3 Å². The molecule has 1 aromatic heterocycles. The molecule has 0 bridgehead atoms. The molecule has 84 valence electrons. The second-order valence-corrected chi connectivity index (χ2v) is 3.91. The molecular weight excluding hydrogens is 202 g/mol. The van der Waals surface area contributed by atoms with Crippen molar-refractivity contribution >= 4 is 5.91 Å². The maximum Gasteiger partial charge on any atom is 0.237 e. The fourth-order valence-corrected chi connectivity index (χ4v) is 1.34. The smallest absolute Gasteiger partial charge is 0.237 e. The lowest BCUT2D eigenvalue weighted by Crippen LogP contribution is -2.35. The minimum absolute atomic E-state index is 0.0530. The largest absolute Gasteiger partial charge is 0.353 e. The van der Waals surface area contributed by atoms with Crippen molar-refractivity contribution < 1.29 is 4.79 Å². The van der Waals surface area contributed by atoms with Crippen molar-refractivity contribution in [3.63, 3.8) is 0 Å². The highest BCUT2D eigenvalue weighted by molar-refractivity contribution is 5.81. The van der Waals surface area contributed by atoms with Gasteiger partial charge in [-0.2, -0.15) is 5.26 Å². The van der Waals surface area contributed by atoms with Crippen LogP contribution in [0.2, 0.25) is 0 Å². The summed E-state index contributed by atoms with van der Waals surface area (Å²) in [4.78, 5) is 15.6. The summed E-state index contributed by atoms with van der Waals surface area (Å²) in [5, 5.41) is 11.7. The van der Waals surface area contributed by atoms with E-state index in [-0.39, 0.29) is 11.9 Å². The quantitative estimate of drug-likeness (QED) is 0.826. The minimum Gasteiger partial charge on any atom is -0.353 e. The molecule has 1 unspecified atom stereocenters.